The van der Waals surface area contributed by atoms with Gasteiger partial charge < -0.3 is 16.0 Å². The van der Waals surface area contributed by atoms with Crippen molar-refractivity contribution in [2.75, 3.05) is 23.7 Å². The molecule has 3 N–H and O–H groups in total. The van der Waals surface area contributed by atoms with Crippen LogP contribution in [0.15, 0.2) is 24.3 Å². The highest BCUT2D eigenvalue weighted by Crippen LogP contribution is 2.39. The summed E-state index contributed by atoms with van der Waals surface area (Å²) in [5, 5.41) is 3.56. The van der Waals surface area contributed by atoms with Crippen LogP contribution in [0.1, 0.15) is 24.0 Å². The SMILES string of the molecule is Nc1nc2c(c(N3CC4NCCC43)n1)CCCc1ccccc1-2. The van der Waals surface area contributed by atoms with Crippen molar-refractivity contribution in [3.63, 3.8) is 0 Å². The summed E-state index contributed by atoms with van der Waals surface area (Å²) in [6.45, 7) is 2.15. The van der Waals surface area contributed by atoms with Crippen molar-refractivity contribution in [2.24, 2.45) is 0 Å². The summed E-state index contributed by atoms with van der Waals surface area (Å²) >= 11 is 0. The van der Waals surface area contributed by atoms with E-state index in [2.05, 4.69) is 44.5 Å². The van der Waals surface area contributed by atoms with E-state index in [1.54, 1.807) is 0 Å². The number of nitrogens with zero attached hydrogens (tertiary/aromatic N) is 3. The Morgan fingerprint density at radius 2 is 2.09 bits per heavy atom. The van der Waals surface area contributed by atoms with Gasteiger partial charge >= 0.3 is 0 Å². The van der Waals surface area contributed by atoms with Crippen LogP contribution in [-0.2, 0) is 12.8 Å². The molecule has 3 aliphatic rings. The fraction of sp³-hybridized carbons (Fsp3) is 0.444. The second-order valence-corrected chi connectivity index (χ2v) is 6.81. The number of benzene rings is 1. The normalized spacial score (nSPS) is 25.1. The Hall–Kier alpha value is -2.14. The van der Waals surface area contributed by atoms with E-state index in [1.165, 1.54) is 23.1 Å². The fourth-order valence-corrected chi connectivity index (χ4v) is 4.37. The van der Waals surface area contributed by atoms with Crippen LogP contribution in [0.2, 0.25) is 0 Å². The van der Waals surface area contributed by atoms with Crippen LogP contribution in [0.5, 0.6) is 0 Å². The summed E-state index contributed by atoms with van der Waals surface area (Å²) in [6.07, 6.45) is 4.46. The van der Waals surface area contributed by atoms with Gasteiger partial charge in [0.25, 0.3) is 0 Å². The zero-order valence-electron chi connectivity index (χ0n) is 13.1. The first kappa shape index (κ1) is 13.3. The summed E-state index contributed by atoms with van der Waals surface area (Å²) in [4.78, 5) is 11.7. The van der Waals surface area contributed by atoms with Gasteiger partial charge in [-0.1, -0.05) is 24.3 Å². The molecule has 0 amide bonds. The van der Waals surface area contributed by atoms with Gasteiger partial charge in [-0.05, 0) is 37.8 Å². The maximum atomic E-state index is 6.08. The number of nitrogens with two attached hydrogens (primary N) is 1. The lowest BCUT2D eigenvalue weighted by molar-refractivity contribution is 0.392. The molecule has 23 heavy (non-hydrogen) atoms. The molecular formula is C18H21N5. The van der Waals surface area contributed by atoms with Gasteiger partial charge in [-0.2, -0.15) is 4.98 Å². The van der Waals surface area contributed by atoms with Crippen LogP contribution >= 0.6 is 0 Å². The highest BCUT2D eigenvalue weighted by molar-refractivity contribution is 5.74. The molecule has 0 saturated carbocycles. The maximum absolute atomic E-state index is 6.08. The van der Waals surface area contributed by atoms with Crippen LogP contribution in [0.3, 0.4) is 0 Å². The van der Waals surface area contributed by atoms with E-state index in [0.29, 0.717) is 18.0 Å². The van der Waals surface area contributed by atoms with Crippen molar-refractivity contribution in [3.05, 3.63) is 35.4 Å². The fourth-order valence-electron chi connectivity index (χ4n) is 4.37. The lowest BCUT2D eigenvalue weighted by Crippen LogP contribution is -2.61. The molecule has 118 valence electrons. The second kappa shape index (κ2) is 4.93. The van der Waals surface area contributed by atoms with Crippen LogP contribution < -0.4 is 16.0 Å². The number of hydrogen-bond donors (Lipinski definition) is 2. The number of anilines is 2. The highest BCUT2D eigenvalue weighted by atomic mass is 15.3. The first-order chi connectivity index (χ1) is 11.3. The molecular weight excluding hydrogens is 286 g/mol. The average molecular weight is 307 g/mol. The summed E-state index contributed by atoms with van der Waals surface area (Å²) in [7, 11) is 0. The first-order valence-corrected chi connectivity index (χ1v) is 8.56. The third-order valence-corrected chi connectivity index (χ3v) is 5.52. The maximum Gasteiger partial charge on any atom is 0.222 e. The van der Waals surface area contributed by atoms with E-state index in [-0.39, 0.29) is 0 Å². The molecule has 2 fully saturated rings. The molecule has 0 radical (unpaired) electrons. The molecule has 2 aliphatic heterocycles. The Bertz CT molecular complexity index is 772. The molecule has 0 spiro atoms. The van der Waals surface area contributed by atoms with Crippen LogP contribution in [0, 0.1) is 0 Å². The Labute approximate surface area is 135 Å². The largest absolute Gasteiger partial charge is 0.368 e. The highest BCUT2D eigenvalue weighted by Gasteiger charge is 2.43. The van der Waals surface area contributed by atoms with Crippen LogP contribution in [0.4, 0.5) is 11.8 Å². The lowest BCUT2D eigenvalue weighted by Gasteiger charge is -2.45. The van der Waals surface area contributed by atoms with Crippen molar-refractivity contribution in [1.82, 2.24) is 15.3 Å². The van der Waals surface area contributed by atoms with E-state index < -0.39 is 0 Å². The third-order valence-electron chi connectivity index (χ3n) is 5.52. The third kappa shape index (κ3) is 1.96. The Balaban J connectivity index is 1.66. The van der Waals surface area contributed by atoms with Crippen molar-refractivity contribution < 1.29 is 0 Å². The van der Waals surface area contributed by atoms with Crippen molar-refractivity contribution in [3.8, 4) is 11.3 Å². The molecule has 1 aromatic heterocycles. The molecule has 5 nitrogen and oxygen atoms in total. The van der Waals surface area contributed by atoms with Crippen LogP contribution in [0.25, 0.3) is 11.3 Å². The van der Waals surface area contributed by atoms with Gasteiger partial charge in [0.2, 0.25) is 5.95 Å². The Morgan fingerprint density at radius 3 is 3.00 bits per heavy atom. The topological polar surface area (TPSA) is 67.1 Å². The molecule has 5 rings (SSSR count). The quantitative estimate of drug-likeness (QED) is 0.840. The molecule has 3 heterocycles. The Kier molecular flexibility index (Phi) is 2.85. The number of nitrogens with one attached hydrogen (secondary N) is 1. The zero-order chi connectivity index (χ0) is 15.4. The second-order valence-electron chi connectivity index (χ2n) is 6.81. The molecule has 1 aromatic carbocycles. The van der Waals surface area contributed by atoms with E-state index in [9.17, 15) is 0 Å². The number of hydrogen-bond acceptors (Lipinski definition) is 5. The van der Waals surface area contributed by atoms with Gasteiger partial charge in [0.05, 0.1) is 5.69 Å². The number of rotatable bonds is 1. The minimum absolute atomic E-state index is 0.393. The smallest absolute Gasteiger partial charge is 0.222 e. The minimum Gasteiger partial charge on any atom is -0.368 e. The molecule has 2 aromatic rings. The van der Waals surface area contributed by atoms with Gasteiger partial charge in [0.15, 0.2) is 0 Å². The molecule has 2 unspecified atom stereocenters. The molecule has 1 aliphatic carbocycles. The number of nitrogen functional groups attached to an aromatic ring is 1. The van der Waals surface area contributed by atoms with Crippen molar-refractivity contribution in [2.45, 2.75) is 37.8 Å². The summed E-state index contributed by atoms with van der Waals surface area (Å²) in [5.74, 6) is 1.47. The van der Waals surface area contributed by atoms with Gasteiger partial charge in [0.1, 0.15) is 5.82 Å². The van der Waals surface area contributed by atoms with Crippen molar-refractivity contribution in [1.29, 1.82) is 0 Å². The van der Waals surface area contributed by atoms with E-state index in [0.717, 1.165) is 43.9 Å². The monoisotopic (exact) mass is 307 g/mol. The van der Waals surface area contributed by atoms with Gasteiger partial charge in [-0.25, -0.2) is 4.98 Å². The van der Waals surface area contributed by atoms with Crippen LogP contribution in [-0.4, -0.2) is 35.1 Å². The lowest BCUT2D eigenvalue weighted by atomic mass is 9.95. The summed E-state index contributed by atoms with van der Waals surface area (Å²) in [5.41, 5.74) is 11.0. The number of fused-ring (bicyclic) bond motifs is 4. The minimum atomic E-state index is 0.393. The predicted molar refractivity (Wildman–Crippen MR) is 91.4 cm³/mol. The van der Waals surface area contributed by atoms with E-state index in [4.69, 9.17) is 5.73 Å². The molecule has 2 atom stereocenters. The summed E-state index contributed by atoms with van der Waals surface area (Å²) < 4.78 is 0. The van der Waals surface area contributed by atoms with Gasteiger partial charge in [-0.3, -0.25) is 0 Å². The zero-order valence-corrected chi connectivity index (χ0v) is 13.1. The standard InChI is InChI=1S/C18H21N5/c19-18-21-16-12-6-2-1-4-11(12)5-3-7-13(16)17(22-18)23-10-14-15(23)8-9-20-14/h1-2,4,6,14-15,20H,3,5,7-10H2,(H2,19,21,22). The van der Waals surface area contributed by atoms with E-state index >= 15 is 0 Å². The molecule has 2 saturated heterocycles. The van der Waals surface area contributed by atoms with E-state index in [1.807, 2.05) is 0 Å². The Morgan fingerprint density at radius 1 is 1.17 bits per heavy atom. The van der Waals surface area contributed by atoms with Crippen molar-refractivity contribution >= 4 is 11.8 Å². The number of aryl methyl sites for hydroxylation is 1. The predicted octanol–water partition coefficient (Wildman–Crippen LogP) is 1.76. The first-order valence-electron chi connectivity index (χ1n) is 8.56. The summed E-state index contributed by atoms with van der Waals surface area (Å²) in [6, 6.07) is 9.78. The molecule has 5 heteroatoms. The number of aromatic nitrogens is 2. The molecule has 0 bridgehead atoms. The van der Waals surface area contributed by atoms with Gasteiger partial charge in [0, 0.05) is 29.8 Å². The average Bonchev–Trinajstić information content (AvgIpc) is 2.79. The van der Waals surface area contributed by atoms with Gasteiger partial charge in [-0.15, -0.1) is 0 Å².